The first-order chi connectivity index (χ1) is 5.65. The second kappa shape index (κ2) is 3.33. The van der Waals surface area contributed by atoms with Crippen molar-refractivity contribution in [3.63, 3.8) is 0 Å². The molecule has 0 radical (unpaired) electrons. The number of hydrogen-bond acceptors (Lipinski definition) is 2. The number of rotatable bonds is 1. The molecule has 1 N–H and O–H groups in total. The van der Waals surface area contributed by atoms with Gasteiger partial charge in [0.15, 0.2) is 6.10 Å². The molecule has 0 aliphatic heterocycles. The van der Waals surface area contributed by atoms with Crippen LogP contribution >= 0.6 is 0 Å². The van der Waals surface area contributed by atoms with E-state index in [0.29, 0.717) is 11.1 Å². The summed E-state index contributed by atoms with van der Waals surface area (Å²) in [6, 6.07) is 5.85. The lowest BCUT2D eigenvalue weighted by Crippen LogP contribution is -1.94. The SMILES string of the molecule is Cc1ccc(C(O)C#N)cc1F. The molecule has 0 heterocycles. The van der Waals surface area contributed by atoms with E-state index in [4.69, 9.17) is 10.4 Å². The third-order valence-corrected chi connectivity index (χ3v) is 1.63. The average molecular weight is 165 g/mol. The molecule has 0 fully saturated rings. The maximum atomic E-state index is 12.9. The number of aryl methyl sites for hydroxylation is 1. The smallest absolute Gasteiger partial charge is 0.166 e. The molecule has 0 amide bonds. The van der Waals surface area contributed by atoms with E-state index in [9.17, 15) is 4.39 Å². The van der Waals surface area contributed by atoms with Crippen LogP contribution in [0.25, 0.3) is 0 Å². The lowest BCUT2D eigenvalue weighted by Gasteiger charge is -2.02. The van der Waals surface area contributed by atoms with Gasteiger partial charge >= 0.3 is 0 Å². The Balaban J connectivity index is 3.06. The molecule has 0 aromatic heterocycles. The Labute approximate surface area is 69.9 Å². The molecule has 0 aliphatic rings. The molecular weight excluding hydrogens is 157 g/mol. The molecule has 0 bridgehead atoms. The van der Waals surface area contributed by atoms with Gasteiger partial charge in [-0.25, -0.2) is 4.39 Å². The Morgan fingerprint density at radius 1 is 1.58 bits per heavy atom. The summed E-state index contributed by atoms with van der Waals surface area (Å²) >= 11 is 0. The second-order valence-corrected chi connectivity index (χ2v) is 2.54. The van der Waals surface area contributed by atoms with E-state index in [-0.39, 0.29) is 0 Å². The van der Waals surface area contributed by atoms with Crippen molar-refractivity contribution in [2.75, 3.05) is 0 Å². The highest BCUT2D eigenvalue weighted by Gasteiger charge is 2.06. The maximum Gasteiger partial charge on any atom is 0.166 e. The molecule has 1 unspecified atom stereocenters. The Morgan fingerprint density at radius 2 is 2.25 bits per heavy atom. The van der Waals surface area contributed by atoms with Crippen LogP contribution in [0, 0.1) is 24.1 Å². The van der Waals surface area contributed by atoms with E-state index in [1.807, 2.05) is 0 Å². The third-order valence-electron chi connectivity index (χ3n) is 1.63. The molecule has 0 saturated carbocycles. The van der Waals surface area contributed by atoms with Crippen LogP contribution in [-0.2, 0) is 0 Å². The molecule has 12 heavy (non-hydrogen) atoms. The molecule has 0 spiro atoms. The van der Waals surface area contributed by atoms with Crippen molar-refractivity contribution in [3.05, 3.63) is 35.1 Å². The summed E-state index contributed by atoms with van der Waals surface area (Å²) in [4.78, 5) is 0. The summed E-state index contributed by atoms with van der Waals surface area (Å²) in [5, 5.41) is 17.3. The minimum absolute atomic E-state index is 0.292. The third kappa shape index (κ3) is 1.60. The predicted octanol–water partition coefficient (Wildman–Crippen LogP) is 1.69. The normalized spacial score (nSPS) is 12.2. The maximum absolute atomic E-state index is 12.9. The molecule has 1 aromatic rings. The van der Waals surface area contributed by atoms with E-state index >= 15 is 0 Å². The van der Waals surface area contributed by atoms with Crippen LogP contribution in [0.15, 0.2) is 18.2 Å². The first-order valence-corrected chi connectivity index (χ1v) is 3.49. The van der Waals surface area contributed by atoms with Crippen LogP contribution in [0.5, 0.6) is 0 Å². The number of halogens is 1. The molecule has 1 atom stereocenters. The molecule has 2 nitrogen and oxygen atoms in total. The molecular formula is C9H8FNO. The standard InChI is InChI=1S/C9H8FNO/c1-6-2-3-7(4-8(6)10)9(12)5-11/h2-4,9,12H,1H3. The highest BCUT2D eigenvalue weighted by Crippen LogP contribution is 2.15. The monoisotopic (exact) mass is 165 g/mol. The van der Waals surface area contributed by atoms with Crippen LogP contribution in [0.4, 0.5) is 4.39 Å². The van der Waals surface area contributed by atoms with Crippen molar-refractivity contribution < 1.29 is 9.50 Å². The van der Waals surface area contributed by atoms with Gasteiger partial charge in [0.25, 0.3) is 0 Å². The Morgan fingerprint density at radius 3 is 2.75 bits per heavy atom. The minimum atomic E-state index is -1.24. The zero-order chi connectivity index (χ0) is 9.14. The number of nitrogens with zero attached hydrogens (tertiary/aromatic N) is 1. The van der Waals surface area contributed by atoms with Gasteiger partial charge < -0.3 is 5.11 Å². The van der Waals surface area contributed by atoms with Crippen molar-refractivity contribution in [3.8, 4) is 6.07 Å². The zero-order valence-corrected chi connectivity index (χ0v) is 6.58. The van der Waals surface area contributed by atoms with Crippen molar-refractivity contribution in [1.82, 2.24) is 0 Å². The summed E-state index contributed by atoms with van der Waals surface area (Å²) in [6.07, 6.45) is -1.24. The lowest BCUT2D eigenvalue weighted by molar-refractivity contribution is 0.235. The fourth-order valence-electron chi connectivity index (χ4n) is 0.854. The minimum Gasteiger partial charge on any atom is -0.374 e. The van der Waals surface area contributed by atoms with Gasteiger partial charge in [0.2, 0.25) is 0 Å². The summed E-state index contributed by atoms with van der Waals surface area (Å²) < 4.78 is 12.9. The van der Waals surface area contributed by atoms with Crippen LogP contribution in [0.2, 0.25) is 0 Å². The highest BCUT2D eigenvalue weighted by molar-refractivity contribution is 5.27. The van der Waals surface area contributed by atoms with E-state index in [1.54, 1.807) is 13.0 Å². The van der Waals surface area contributed by atoms with Crippen LogP contribution in [0.1, 0.15) is 17.2 Å². The number of aliphatic hydroxyl groups excluding tert-OH is 1. The predicted molar refractivity (Wildman–Crippen MR) is 41.7 cm³/mol. The van der Waals surface area contributed by atoms with Gasteiger partial charge in [-0.15, -0.1) is 0 Å². The molecule has 1 rings (SSSR count). The van der Waals surface area contributed by atoms with Crippen molar-refractivity contribution in [1.29, 1.82) is 5.26 Å². The van der Waals surface area contributed by atoms with E-state index in [0.717, 1.165) is 0 Å². The first-order valence-electron chi connectivity index (χ1n) is 3.49. The van der Waals surface area contributed by atoms with E-state index in [1.165, 1.54) is 18.2 Å². The second-order valence-electron chi connectivity index (χ2n) is 2.54. The lowest BCUT2D eigenvalue weighted by atomic mass is 10.1. The average Bonchev–Trinajstić information content (AvgIpc) is 2.08. The van der Waals surface area contributed by atoms with Gasteiger partial charge in [-0.1, -0.05) is 12.1 Å². The molecule has 62 valence electrons. The van der Waals surface area contributed by atoms with Gasteiger partial charge in [-0.2, -0.15) is 5.26 Å². The fourth-order valence-corrected chi connectivity index (χ4v) is 0.854. The summed E-state index contributed by atoms with van der Waals surface area (Å²) in [5.41, 5.74) is 0.796. The largest absolute Gasteiger partial charge is 0.374 e. The summed E-state index contributed by atoms with van der Waals surface area (Å²) in [6.45, 7) is 1.62. The van der Waals surface area contributed by atoms with Crippen LogP contribution in [-0.4, -0.2) is 5.11 Å². The van der Waals surface area contributed by atoms with Gasteiger partial charge in [0, 0.05) is 0 Å². The summed E-state index contributed by atoms with van der Waals surface area (Å²) in [5.74, 6) is -0.401. The van der Waals surface area contributed by atoms with E-state index < -0.39 is 11.9 Å². The number of hydrogen-bond donors (Lipinski definition) is 1. The molecule has 1 aromatic carbocycles. The number of aliphatic hydroxyl groups is 1. The highest BCUT2D eigenvalue weighted by atomic mass is 19.1. The van der Waals surface area contributed by atoms with Gasteiger partial charge in [-0.05, 0) is 24.1 Å². The quantitative estimate of drug-likeness (QED) is 0.643. The molecule has 0 aliphatic carbocycles. The zero-order valence-electron chi connectivity index (χ0n) is 6.58. The van der Waals surface area contributed by atoms with Crippen molar-refractivity contribution >= 4 is 0 Å². The van der Waals surface area contributed by atoms with Gasteiger partial charge in [0.05, 0.1) is 6.07 Å². The number of benzene rings is 1. The Hall–Kier alpha value is -1.40. The Bertz CT molecular complexity index is 330. The first kappa shape index (κ1) is 8.69. The fraction of sp³-hybridized carbons (Fsp3) is 0.222. The molecule has 0 saturated heterocycles. The van der Waals surface area contributed by atoms with Crippen LogP contribution < -0.4 is 0 Å². The van der Waals surface area contributed by atoms with Crippen molar-refractivity contribution in [2.24, 2.45) is 0 Å². The van der Waals surface area contributed by atoms with Crippen LogP contribution in [0.3, 0.4) is 0 Å². The topological polar surface area (TPSA) is 44.0 Å². The summed E-state index contributed by atoms with van der Waals surface area (Å²) in [7, 11) is 0. The molecule has 3 heteroatoms. The van der Waals surface area contributed by atoms with Crippen molar-refractivity contribution in [2.45, 2.75) is 13.0 Å². The number of nitriles is 1. The van der Waals surface area contributed by atoms with Gasteiger partial charge in [-0.3, -0.25) is 0 Å². The van der Waals surface area contributed by atoms with Gasteiger partial charge in [0.1, 0.15) is 5.82 Å². The Kier molecular flexibility index (Phi) is 2.41. The van der Waals surface area contributed by atoms with E-state index in [2.05, 4.69) is 0 Å².